The highest BCUT2D eigenvalue weighted by Gasteiger charge is 2.12. The zero-order valence-corrected chi connectivity index (χ0v) is 14.6. The van der Waals surface area contributed by atoms with Gasteiger partial charge in [0.15, 0.2) is 5.16 Å². The first-order valence-electron chi connectivity index (χ1n) is 7.19. The number of nitrogens with one attached hydrogen (secondary N) is 1. The number of carbonyl (C=O) groups excluding carboxylic acids is 1. The van der Waals surface area contributed by atoms with Crippen LogP contribution in [0, 0.1) is 0 Å². The van der Waals surface area contributed by atoms with Gasteiger partial charge in [-0.2, -0.15) is 11.8 Å². The fraction of sp³-hybridized carbons (Fsp3) is 0.400. The fourth-order valence-corrected chi connectivity index (χ4v) is 3.09. The topological polar surface area (TPSA) is 85.2 Å². The van der Waals surface area contributed by atoms with Gasteiger partial charge >= 0.3 is 5.97 Å². The zero-order chi connectivity index (χ0) is 16.7. The molecule has 2 aromatic rings. The van der Waals surface area contributed by atoms with Gasteiger partial charge < -0.3 is 14.1 Å². The van der Waals surface area contributed by atoms with Crippen LogP contribution in [-0.2, 0) is 16.2 Å². The number of aromatic nitrogens is 2. The summed E-state index contributed by atoms with van der Waals surface area (Å²) in [5, 5.41) is 0.540. The van der Waals surface area contributed by atoms with Crippen molar-refractivity contribution in [3.63, 3.8) is 0 Å². The van der Waals surface area contributed by atoms with E-state index in [-0.39, 0.29) is 11.3 Å². The number of hydrogen-bond acceptors (Lipinski definition) is 7. The van der Waals surface area contributed by atoms with Gasteiger partial charge in [-0.3, -0.25) is 4.79 Å². The van der Waals surface area contributed by atoms with Gasteiger partial charge in [0.05, 0.1) is 18.1 Å². The molecule has 0 aliphatic rings. The molecule has 1 N–H and O–H groups in total. The van der Waals surface area contributed by atoms with Crippen molar-refractivity contribution in [2.45, 2.75) is 30.5 Å². The number of furan rings is 1. The molecule has 0 atom stereocenters. The molecule has 6 nitrogen and oxygen atoms in total. The van der Waals surface area contributed by atoms with E-state index in [0.717, 1.165) is 11.4 Å². The van der Waals surface area contributed by atoms with E-state index in [1.54, 1.807) is 30.8 Å². The molecule has 23 heavy (non-hydrogen) atoms. The number of esters is 1. The highest BCUT2D eigenvalue weighted by Crippen LogP contribution is 2.21. The Morgan fingerprint density at radius 1 is 1.35 bits per heavy atom. The quantitative estimate of drug-likeness (QED) is 0.443. The molecule has 0 amide bonds. The van der Waals surface area contributed by atoms with Crippen LogP contribution in [0.5, 0.6) is 0 Å². The third-order valence-electron chi connectivity index (χ3n) is 2.72. The van der Waals surface area contributed by atoms with Crippen molar-refractivity contribution >= 4 is 29.5 Å². The predicted molar refractivity (Wildman–Crippen MR) is 90.9 cm³/mol. The summed E-state index contributed by atoms with van der Waals surface area (Å²) in [5.41, 5.74) is 0.593. The third-order valence-corrected chi connectivity index (χ3v) is 4.52. The van der Waals surface area contributed by atoms with Crippen molar-refractivity contribution in [3.8, 4) is 0 Å². The third kappa shape index (κ3) is 5.47. The van der Waals surface area contributed by atoms with Crippen LogP contribution in [0.25, 0.3) is 0 Å². The number of H-pyrrole nitrogens is 1. The average molecular weight is 354 g/mol. The molecule has 124 valence electrons. The zero-order valence-electron chi connectivity index (χ0n) is 13.0. The summed E-state index contributed by atoms with van der Waals surface area (Å²) in [4.78, 5) is 30.3. The second kappa shape index (κ2) is 8.83. The molecule has 2 heterocycles. The maximum absolute atomic E-state index is 11.6. The minimum Gasteiger partial charge on any atom is -0.460 e. The highest BCUT2D eigenvalue weighted by molar-refractivity contribution is 7.98. The smallest absolute Gasteiger partial charge is 0.374 e. The van der Waals surface area contributed by atoms with Gasteiger partial charge in [-0.15, -0.1) is 0 Å². The molecule has 0 bridgehead atoms. The van der Waals surface area contributed by atoms with E-state index < -0.39 is 5.97 Å². The minimum atomic E-state index is -0.478. The van der Waals surface area contributed by atoms with Crippen LogP contribution in [0.1, 0.15) is 35.9 Å². The lowest BCUT2D eigenvalue weighted by Crippen LogP contribution is -2.09. The van der Waals surface area contributed by atoms with E-state index in [9.17, 15) is 9.59 Å². The largest absolute Gasteiger partial charge is 0.460 e. The lowest BCUT2D eigenvalue weighted by Gasteiger charge is -2.03. The molecule has 2 rings (SSSR count). The van der Waals surface area contributed by atoms with E-state index in [1.165, 1.54) is 17.8 Å². The first-order chi connectivity index (χ1) is 11.1. The van der Waals surface area contributed by atoms with E-state index in [2.05, 4.69) is 16.9 Å². The maximum Gasteiger partial charge on any atom is 0.374 e. The number of nitrogens with zero attached hydrogens (tertiary/aromatic N) is 1. The first kappa shape index (κ1) is 17.7. The molecule has 0 aliphatic heterocycles. The number of ether oxygens (including phenoxy) is 1. The van der Waals surface area contributed by atoms with Gasteiger partial charge in [0.25, 0.3) is 5.56 Å². The molecule has 0 saturated heterocycles. The summed E-state index contributed by atoms with van der Waals surface area (Å²) in [6.45, 7) is 4.10. The molecular weight excluding hydrogens is 336 g/mol. The van der Waals surface area contributed by atoms with Gasteiger partial charge in [0.2, 0.25) is 5.76 Å². The number of rotatable bonds is 8. The number of thioether (sulfide) groups is 2. The normalized spacial score (nSPS) is 10.7. The predicted octanol–water partition coefficient (Wildman–Crippen LogP) is 3.09. The summed E-state index contributed by atoms with van der Waals surface area (Å²) in [7, 11) is 0. The van der Waals surface area contributed by atoms with E-state index in [4.69, 9.17) is 9.15 Å². The maximum atomic E-state index is 11.6. The molecule has 0 radical (unpaired) electrons. The molecule has 0 unspecified atom stereocenters. The number of hydrogen-bond donors (Lipinski definition) is 1. The van der Waals surface area contributed by atoms with Crippen molar-refractivity contribution in [1.29, 1.82) is 0 Å². The van der Waals surface area contributed by atoms with E-state index >= 15 is 0 Å². The SMILES string of the molecule is CCOC(=O)c1ccc(CSc2nc(CSCC)cc(=O)[nH]2)o1. The van der Waals surface area contributed by atoms with Crippen molar-refractivity contribution in [1.82, 2.24) is 9.97 Å². The Morgan fingerprint density at radius 2 is 2.17 bits per heavy atom. The Bertz CT molecular complexity index is 711. The molecule has 8 heteroatoms. The van der Waals surface area contributed by atoms with Crippen LogP contribution in [0.15, 0.2) is 32.6 Å². The van der Waals surface area contributed by atoms with Gasteiger partial charge in [-0.05, 0) is 24.8 Å². The molecular formula is C15H18N2O4S2. The monoisotopic (exact) mass is 354 g/mol. The van der Waals surface area contributed by atoms with Crippen LogP contribution in [-0.4, -0.2) is 28.3 Å². The molecule has 0 aromatic carbocycles. The van der Waals surface area contributed by atoms with Crippen LogP contribution >= 0.6 is 23.5 Å². The lowest BCUT2D eigenvalue weighted by atomic mass is 10.4. The van der Waals surface area contributed by atoms with Crippen molar-refractivity contribution in [2.75, 3.05) is 12.4 Å². The number of aromatic amines is 1. The van der Waals surface area contributed by atoms with Crippen molar-refractivity contribution in [2.24, 2.45) is 0 Å². The Labute approximate surface area is 142 Å². The van der Waals surface area contributed by atoms with Crippen LogP contribution in [0.4, 0.5) is 0 Å². The lowest BCUT2D eigenvalue weighted by molar-refractivity contribution is 0.0488. The standard InChI is InChI=1S/C15H18N2O4S2/c1-3-20-14(19)12-6-5-11(21-12)9-23-15-16-10(8-22-4-2)7-13(18)17-15/h5-7H,3-4,8-9H2,1-2H3,(H,16,17,18). The Morgan fingerprint density at radius 3 is 2.91 bits per heavy atom. The summed E-state index contributed by atoms with van der Waals surface area (Å²) in [6.07, 6.45) is 0. The summed E-state index contributed by atoms with van der Waals surface area (Å²) in [6, 6.07) is 4.81. The van der Waals surface area contributed by atoms with E-state index in [0.29, 0.717) is 29.0 Å². The molecule has 0 aliphatic carbocycles. The Balaban J connectivity index is 1.99. The van der Waals surface area contributed by atoms with Crippen LogP contribution in [0.3, 0.4) is 0 Å². The van der Waals surface area contributed by atoms with Gasteiger partial charge in [0.1, 0.15) is 5.76 Å². The van der Waals surface area contributed by atoms with Crippen LogP contribution < -0.4 is 5.56 Å². The molecule has 0 spiro atoms. The average Bonchev–Trinajstić information content (AvgIpc) is 3.00. The second-order valence-electron chi connectivity index (χ2n) is 4.45. The molecule has 2 aromatic heterocycles. The number of carbonyl (C=O) groups is 1. The molecule has 0 saturated carbocycles. The summed E-state index contributed by atoms with van der Waals surface area (Å²) < 4.78 is 10.3. The highest BCUT2D eigenvalue weighted by atomic mass is 32.2. The van der Waals surface area contributed by atoms with Crippen molar-refractivity contribution < 1.29 is 13.9 Å². The fourth-order valence-electron chi connectivity index (χ4n) is 1.74. The van der Waals surface area contributed by atoms with Crippen LogP contribution in [0.2, 0.25) is 0 Å². The second-order valence-corrected chi connectivity index (χ2v) is 6.69. The van der Waals surface area contributed by atoms with Gasteiger partial charge in [-0.25, -0.2) is 9.78 Å². The van der Waals surface area contributed by atoms with Crippen molar-refractivity contribution in [3.05, 3.63) is 45.8 Å². The van der Waals surface area contributed by atoms with E-state index in [1.807, 2.05) is 0 Å². The first-order valence-corrected chi connectivity index (χ1v) is 9.33. The Hall–Kier alpha value is -1.67. The minimum absolute atomic E-state index is 0.166. The van der Waals surface area contributed by atoms with Gasteiger partial charge in [-0.1, -0.05) is 18.7 Å². The Kier molecular flexibility index (Phi) is 6.79. The molecule has 0 fully saturated rings. The summed E-state index contributed by atoms with van der Waals surface area (Å²) in [5.74, 6) is 2.47. The van der Waals surface area contributed by atoms with Gasteiger partial charge in [0, 0.05) is 11.8 Å². The summed E-state index contributed by atoms with van der Waals surface area (Å²) >= 11 is 3.06.